The number of carboxylic acids is 1. The Morgan fingerprint density at radius 2 is 2.15 bits per heavy atom. The summed E-state index contributed by atoms with van der Waals surface area (Å²) in [7, 11) is 0. The van der Waals surface area contributed by atoms with Crippen molar-refractivity contribution >= 4 is 18.2 Å². The summed E-state index contributed by atoms with van der Waals surface area (Å²) < 4.78 is 0. The van der Waals surface area contributed by atoms with E-state index in [0.717, 1.165) is 0 Å². The van der Waals surface area contributed by atoms with Crippen molar-refractivity contribution in [3.63, 3.8) is 0 Å². The second kappa shape index (κ2) is 6.13. The number of carbonyl (C=O) groups is 2. The molecule has 1 atom stereocenters. The van der Waals surface area contributed by atoms with Crippen LogP contribution in [-0.2, 0) is 14.4 Å². The number of hydrogen-bond donors (Lipinski definition) is 3. The molecule has 0 rings (SSSR count). The molecule has 1 amide bonds. The molecule has 6 heteroatoms. The van der Waals surface area contributed by atoms with E-state index in [4.69, 9.17) is 10.8 Å². The molecule has 0 aliphatic carbocycles. The smallest absolute Gasteiger partial charge is 0.320 e. The van der Waals surface area contributed by atoms with Gasteiger partial charge in [-0.1, -0.05) is 0 Å². The van der Waals surface area contributed by atoms with Crippen molar-refractivity contribution in [2.45, 2.75) is 18.9 Å². The molecule has 0 spiro atoms. The van der Waals surface area contributed by atoms with Gasteiger partial charge in [0.15, 0.2) is 0 Å². The quantitative estimate of drug-likeness (QED) is 0.464. The fourth-order valence-electron chi connectivity index (χ4n) is 0.633. The second-order valence-corrected chi connectivity index (χ2v) is 2.40. The van der Waals surface area contributed by atoms with Gasteiger partial charge < -0.3 is 16.2 Å². The first kappa shape index (κ1) is 11.6. The molecule has 0 heterocycles. The van der Waals surface area contributed by atoms with Gasteiger partial charge in [0.2, 0.25) is 12.2 Å². The molecular weight excluding hydrogens is 176 g/mol. The van der Waals surface area contributed by atoms with Gasteiger partial charge in [-0.25, -0.2) is 0 Å². The lowest BCUT2D eigenvalue weighted by molar-refractivity contribution is -0.138. The highest BCUT2D eigenvalue weighted by molar-refractivity contribution is 5.79. The van der Waals surface area contributed by atoms with Crippen molar-refractivity contribution in [2.75, 3.05) is 6.54 Å². The number of rotatable bonds is 6. The molecule has 0 bridgehead atoms. The van der Waals surface area contributed by atoms with Gasteiger partial charge in [-0.05, 0) is 6.42 Å². The van der Waals surface area contributed by atoms with Crippen LogP contribution in [-0.4, -0.2) is 35.9 Å². The Hall–Kier alpha value is -1.43. The summed E-state index contributed by atoms with van der Waals surface area (Å²) in [6, 6.07) is -1.04. The van der Waals surface area contributed by atoms with Crippen LogP contribution < -0.4 is 11.1 Å². The largest absolute Gasteiger partial charge is 0.480 e. The maximum Gasteiger partial charge on any atom is 0.320 e. The van der Waals surface area contributed by atoms with Crippen molar-refractivity contribution in [1.82, 2.24) is 5.32 Å². The van der Waals surface area contributed by atoms with Gasteiger partial charge in [-0.2, -0.15) is 0 Å². The topological polar surface area (TPSA) is 109 Å². The molecule has 73 valence electrons. The monoisotopic (exact) mass is 187 g/mol. The van der Waals surface area contributed by atoms with Gasteiger partial charge in [0.05, 0.1) is 6.54 Å². The van der Waals surface area contributed by atoms with Gasteiger partial charge >= 0.3 is 5.97 Å². The fourth-order valence-corrected chi connectivity index (χ4v) is 0.633. The Labute approximate surface area is 75.1 Å². The lowest BCUT2D eigenvalue weighted by Gasteiger charge is -2.04. The van der Waals surface area contributed by atoms with Gasteiger partial charge in [-0.15, -0.1) is 0 Å². The maximum atomic E-state index is 10.8. The molecule has 0 aliphatic heterocycles. The van der Waals surface area contributed by atoms with E-state index < -0.39 is 17.9 Å². The number of nitrogens with two attached hydrogens (primary N) is 1. The average molecular weight is 187 g/mol. The van der Waals surface area contributed by atoms with Crippen molar-refractivity contribution in [3.8, 4) is 0 Å². The van der Waals surface area contributed by atoms with Crippen LogP contribution in [0.2, 0.25) is 0 Å². The van der Waals surface area contributed by atoms with Crippen LogP contribution in [0.4, 0.5) is 0 Å². The third-order valence-electron chi connectivity index (χ3n) is 1.36. The summed E-state index contributed by atoms with van der Waals surface area (Å²) in [5.74, 6) is -1.55. The number of nitrogens with one attached hydrogen (secondary N) is 1. The van der Waals surface area contributed by atoms with E-state index in [9.17, 15) is 14.4 Å². The third kappa shape index (κ3) is 5.80. The zero-order valence-corrected chi connectivity index (χ0v) is 6.95. The lowest BCUT2D eigenvalue weighted by atomic mass is 10.1. The normalized spacial score (nSPS) is 11.8. The van der Waals surface area contributed by atoms with E-state index in [1.807, 2.05) is 0 Å². The number of carboxylic acid groups (broad SMARTS) is 1. The van der Waals surface area contributed by atoms with Crippen LogP contribution in [0.15, 0.2) is 0 Å². The summed E-state index contributed by atoms with van der Waals surface area (Å²) >= 11 is 0. The van der Waals surface area contributed by atoms with Crippen molar-refractivity contribution < 1.29 is 19.5 Å². The predicted molar refractivity (Wildman–Crippen MR) is 43.5 cm³/mol. The minimum absolute atomic E-state index is 0.00481. The molecule has 0 aromatic heterocycles. The van der Waals surface area contributed by atoms with E-state index >= 15 is 0 Å². The Morgan fingerprint density at radius 1 is 1.54 bits per heavy atom. The van der Waals surface area contributed by atoms with Crippen molar-refractivity contribution in [1.29, 1.82) is 0 Å². The molecule has 0 saturated heterocycles. The summed E-state index contributed by atoms with van der Waals surface area (Å²) in [4.78, 5) is 30.7. The van der Waals surface area contributed by atoms with Crippen LogP contribution in [0.5, 0.6) is 0 Å². The molecule has 0 aliphatic rings. The highest BCUT2D eigenvalue weighted by atomic mass is 16.4. The summed E-state index contributed by atoms with van der Waals surface area (Å²) in [5, 5.41) is 10.6. The summed E-state index contributed by atoms with van der Waals surface area (Å²) in [6.45, 7) is -0.179. The third-order valence-corrected chi connectivity index (χ3v) is 1.36. The van der Waals surface area contributed by atoms with Gasteiger partial charge in [0.1, 0.15) is 6.04 Å². The van der Waals surface area contributed by atoms with E-state index in [-0.39, 0.29) is 19.4 Å². The van der Waals surface area contributed by atoms with Gasteiger partial charge in [0, 0.05) is 6.42 Å². The first-order valence-corrected chi connectivity index (χ1v) is 3.68. The standard InChI is InChI=1S/C7H11N2O4/c8-5(7(12)13)1-2-6(11)9-3-4-10/h5H,1-3,8H2,(H,9,11)(H,12,13)/t5-/m0/s1. The Bertz CT molecular complexity index is 205. The van der Waals surface area contributed by atoms with Gasteiger partial charge in [0.25, 0.3) is 0 Å². The molecule has 4 N–H and O–H groups in total. The van der Waals surface area contributed by atoms with Crippen molar-refractivity contribution in [2.24, 2.45) is 5.73 Å². The van der Waals surface area contributed by atoms with Crippen LogP contribution in [0, 0.1) is 0 Å². The minimum Gasteiger partial charge on any atom is -0.480 e. The number of carbonyl (C=O) groups excluding carboxylic acids is 2. The number of hydrogen-bond acceptors (Lipinski definition) is 4. The number of aliphatic carboxylic acids is 1. The Kier molecular flexibility index (Phi) is 5.45. The molecule has 0 fully saturated rings. The molecule has 6 nitrogen and oxygen atoms in total. The molecule has 0 saturated carbocycles. The van der Waals surface area contributed by atoms with Crippen LogP contribution in [0.25, 0.3) is 0 Å². The lowest BCUT2D eigenvalue weighted by Crippen LogP contribution is -2.33. The fraction of sp³-hybridized carbons (Fsp3) is 0.571. The second-order valence-electron chi connectivity index (χ2n) is 2.40. The molecule has 0 aromatic rings. The molecule has 13 heavy (non-hydrogen) atoms. The highest BCUT2D eigenvalue weighted by Gasteiger charge is 2.12. The molecule has 0 aromatic carbocycles. The van der Waals surface area contributed by atoms with E-state index in [0.29, 0.717) is 0 Å². The average Bonchev–Trinajstić information content (AvgIpc) is 2.10. The molecule has 1 radical (unpaired) electrons. The summed E-state index contributed by atoms with van der Waals surface area (Å²) in [5.41, 5.74) is 5.14. The van der Waals surface area contributed by atoms with Crippen LogP contribution >= 0.6 is 0 Å². The van der Waals surface area contributed by atoms with E-state index in [1.165, 1.54) is 6.29 Å². The van der Waals surface area contributed by atoms with Crippen LogP contribution in [0.1, 0.15) is 12.8 Å². The van der Waals surface area contributed by atoms with Crippen LogP contribution in [0.3, 0.4) is 0 Å². The molecular formula is C7H11N2O4. The number of amides is 1. The van der Waals surface area contributed by atoms with E-state index in [1.54, 1.807) is 0 Å². The first-order chi connectivity index (χ1) is 6.07. The predicted octanol–water partition coefficient (Wildman–Crippen LogP) is -1.60. The summed E-state index contributed by atoms with van der Waals surface area (Å²) in [6.07, 6.45) is 1.53. The minimum atomic E-state index is -1.14. The first-order valence-electron chi connectivity index (χ1n) is 3.68. The van der Waals surface area contributed by atoms with E-state index in [2.05, 4.69) is 5.32 Å². The maximum absolute atomic E-state index is 10.8. The van der Waals surface area contributed by atoms with Crippen molar-refractivity contribution in [3.05, 3.63) is 0 Å². The van der Waals surface area contributed by atoms with Gasteiger partial charge in [-0.3, -0.25) is 14.4 Å². The Morgan fingerprint density at radius 3 is 2.62 bits per heavy atom. The zero-order chi connectivity index (χ0) is 10.3. The SMILES string of the molecule is N[C@@H](CCC(=O)NC[C]=O)C(=O)O. The Balaban J connectivity index is 3.57. The molecule has 0 unspecified atom stereocenters. The zero-order valence-electron chi connectivity index (χ0n) is 6.95. The highest BCUT2D eigenvalue weighted by Crippen LogP contribution is 1.93.